The molecular weight excluding hydrogens is 362 g/mol. The molecule has 138 valence electrons. The fourth-order valence-corrected chi connectivity index (χ4v) is 4.44. The number of phenolic OH excluding ortho intramolecular Hbond substituents is 1. The summed E-state index contributed by atoms with van der Waals surface area (Å²) in [7, 11) is 0. The van der Waals surface area contributed by atoms with Crippen molar-refractivity contribution < 1.29 is 5.11 Å². The van der Waals surface area contributed by atoms with E-state index in [2.05, 4.69) is 67.3 Å². The third-order valence-corrected chi connectivity index (χ3v) is 5.80. The molecule has 3 aromatic carbocycles. The van der Waals surface area contributed by atoms with Crippen molar-refractivity contribution in [2.45, 2.75) is 25.7 Å². The van der Waals surface area contributed by atoms with Crippen LogP contribution in [0.5, 0.6) is 5.75 Å². The normalized spacial score (nSPS) is 11.8. The number of rotatable bonds is 4. The van der Waals surface area contributed by atoms with Crippen LogP contribution >= 0.6 is 11.3 Å². The van der Waals surface area contributed by atoms with Gasteiger partial charge in [0.25, 0.3) is 0 Å². The van der Waals surface area contributed by atoms with Gasteiger partial charge in [-0.3, -0.25) is 0 Å². The summed E-state index contributed by atoms with van der Waals surface area (Å²) in [5, 5.41) is 10.9. The van der Waals surface area contributed by atoms with Gasteiger partial charge in [-0.25, -0.2) is 4.98 Å². The second kappa shape index (κ2) is 8.29. The van der Waals surface area contributed by atoms with Gasteiger partial charge in [0, 0.05) is 17.9 Å². The summed E-state index contributed by atoms with van der Waals surface area (Å²) in [5.74, 6) is 6.81. The van der Waals surface area contributed by atoms with E-state index in [1.54, 1.807) is 23.5 Å². The van der Waals surface area contributed by atoms with E-state index in [1.165, 1.54) is 11.1 Å². The van der Waals surface area contributed by atoms with E-state index in [9.17, 15) is 5.11 Å². The molecule has 28 heavy (non-hydrogen) atoms. The lowest BCUT2D eigenvalue weighted by atomic mass is 9.92. The molecule has 1 atom stereocenters. The minimum absolute atomic E-state index is 0.162. The lowest BCUT2D eigenvalue weighted by Gasteiger charge is -2.15. The van der Waals surface area contributed by atoms with Crippen LogP contribution in [0, 0.1) is 11.8 Å². The van der Waals surface area contributed by atoms with Gasteiger partial charge < -0.3 is 5.11 Å². The Labute approximate surface area is 169 Å². The summed E-state index contributed by atoms with van der Waals surface area (Å²) < 4.78 is 1.01. The van der Waals surface area contributed by atoms with Crippen LogP contribution in [-0.2, 0) is 6.42 Å². The number of phenols is 1. The standard InChI is InChI=1S/C25H21NOS/c1-2-3-8-18-9-7-10-19(15-18)16-22(20-11-5-4-6-12-20)25-26-23-14-13-21(27)17-24(23)28-25/h4-7,9-15,17,22,27H,2,16H2,1H3. The number of fused-ring (bicyclic) bond motifs is 1. The first-order valence-corrected chi connectivity index (χ1v) is 10.3. The Hall–Kier alpha value is -3.09. The van der Waals surface area contributed by atoms with Crippen LogP contribution in [0.1, 0.15) is 41.0 Å². The van der Waals surface area contributed by atoms with E-state index in [0.29, 0.717) is 0 Å². The molecule has 0 saturated carbocycles. The smallest absolute Gasteiger partial charge is 0.117 e. The Balaban J connectivity index is 1.74. The zero-order chi connectivity index (χ0) is 19.3. The van der Waals surface area contributed by atoms with Gasteiger partial charge in [0.15, 0.2) is 0 Å². The lowest BCUT2D eigenvalue weighted by Crippen LogP contribution is -2.05. The molecule has 0 aliphatic heterocycles. The zero-order valence-corrected chi connectivity index (χ0v) is 16.5. The average Bonchev–Trinajstić information content (AvgIpc) is 3.14. The van der Waals surface area contributed by atoms with Gasteiger partial charge in [-0.15, -0.1) is 11.3 Å². The second-order valence-electron chi connectivity index (χ2n) is 6.73. The number of nitrogens with zero attached hydrogens (tertiary/aromatic N) is 1. The third kappa shape index (κ3) is 4.08. The predicted molar refractivity (Wildman–Crippen MR) is 117 cm³/mol. The minimum Gasteiger partial charge on any atom is -0.508 e. The monoisotopic (exact) mass is 383 g/mol. The van der Waals surface area contributed by atoms with E-state index in [1.807, 2.05) is 12.1 Å². The maximum atomic E-state index is 9.80. The number of hydrogen-bond donors (Lipinski definition) is 1. The Kier molecular flexibility index (Phi) is 5.41. The van der Waals surface area contributed by atoms with E-state index < -0.39 is 0 Å². The molecule has 2 nitrogen and oxygen atoms in total. The molecule has 0 amide bonds. The number of hydrogen-bond acceptors (Lipinski definition) is 3. The maximum Gasteiger partial charge on any atom is 0.117 e. The molecule has 4 rings (SSSR count). The predicted octanol–water partition coefficient (Wildman–Crippen LogP) is 6.14. The molecule has 0 fully saturated rings. The number of thiazole rings is 1. The van der Waals surface area contributed by atoms with Crippen LogP contribution in [-0.4, -0.2) is 10.1 Å². The van der Waals surface area contributed by atoms with Gasteiger partial charge >= 0.3 is 0 Å². The summed E-state index contributed by atoms with van der Waals surface area (Å²) in [6.07, 6.45) is 1.72. The van der Waals surface area contributed by atoms with E-state index in [0.717, 1.165) is 33.6 Å². The summed E-state index contributed by atoms with van der Waals surface area (Å²) in [4.78, 5) is 4.88. The quantitative estimate of drug-likeness (QED) is 0.430. The average molecular weight is 384 g/mol. The summed E-state index contributed by atoms with van der Waals surface area (Å²) in [6.45, 7) is 2.06. The maximum absolute atomic E-state index is 9.80. The van der Waals surface area contributed by atoms with E-state index in [4.69, 9.17) is 4.98 Å². The van der Waals surface area contributed by atoms with E-state index >= 15 is 0 Å². The molecule has 1 N–H and O–H groups in total. The number of benzene rings is 3. The Bertz CT molecular complexity index is 1150. The first kappa shape index (κ1) is 18.3. The Morgan fingerprint density at radius 1 is 1.00 bits per heavy atom. The number of aromatic hydroxyl groups is 1. The van der Waals surface area contributed by atoms with Gasteiger partial charge in [0.2, 0.25) is 0 Å². The van der Waals surface area contributed by atoms with Crippen LogP contribution in [0.15, 0.2) is 72.8 Å². The Morgan fingerprint density at radius 2 is 1.86 bits per heavy atom. The molecule has 0 bridgehead atoms. The molecule has 0 saturated heterocycles. The van der Waals surface area contributed by atoms with Gasteiger partial charge in [-0.2, -0.15) is 0 Å². The zero-order valence-electron chi connectivity index (χ0n) is 15.7. The summed E-state index contributed by atoms with van der Waals surface area (Å²) in [6, 6.07) is 24.4. The molecule has 0 aliphatic carbocycles. The number of aromatic nitrogens is 1. The molecule has 1 unspecified atom stereocenters. The molecule has 0 spiro atoms. The summed E-state index contributed by atoms with van der Waals surface area (Å²) in [5.41, 5.74) is 4.48. The second-order valence-corrected chi connectivity index (χ2v) is 7.79. The van der Waals surface area contributed by atoms with Gasteiger partial charge in [0.05, 0.1) is 10.2 Å². The fraction of sp³-hybridized carbons (Fsp3) is 0.160. The highest BCUT2D eigenvalue weighted by molar-refractivity contribution is 7.18. The van der Waals surface area contributed by atoms with Crippen molar-refractivity contribution in [1.29, 1.82) is 0 Å². The highest BCUT2D eigenvalue weighted by atomic mass is 32.1. The fourth-order valence-electron chi connectivity index (χ4n) is 3.32. The lowest BCUT2D eigenvalue weighted by molar-refractivity contribution is 0.476. The minimum atomic E-state index is 0.162. The van der Waals surface area contributed by atoms with Crippen LogP contribution in [0.2, 0.25) is 0 Å². The Morgan fingerprint density at radius 3 is 2.68 bits per heavy atom. The molecular formula is C25H21NOS. The topological polar surface area (TPSA) is 33.1 Å². The first-order chi connectivity index (χ1) is 13.7. The molecule has 3 heteroatoms. The highest BCUT2D eigenvalue weighted by Crippen LogP contribution is 2.35. The van der Waals surface area contributed by atoms with Crippen LogP contribution in [0.4, 0.5) is 0 Å². The van der Waals surface area contributed by atoms with Crippen molar-refractivity contribution in [2.24, 2.45) is 0 Å². The molecule has 0 aliphatic rings. The van der Waals surface area contributed by atoms with Crippen LogP contribution < -0.4 is 0 Å². The highest BCUT2D eigenvalue weighted by Gasteiger charge is 2.19. The van der Waals surface area contributed by atoms with Crippen molar-refractivity contribution in [3.05, 3.63) is 94.5 Å². The largest absolute Gasteiger partial charge is 0.508 e. The van der Waals surface area contributed by atoms with Crippen LogP contribution in [0.25, 0.3) is 10.2 Å². The van der Waals surface area contributed by atoms with Crippen LogP contribution in [0.3, 0.4) is 0 Å². The van der Waals surface area contributed by atoms with Gasteiger partial charge in [0.1, 0.15) is 10.8 Å². The molecule has 0 radical (unpaired) electrons. The molecule has 1 heterocycles. The van der Waals surface area contributed by atoms with Gasteiger partial charge in [-0.1, -0.05) is 61.2 Å². The van der Waals surface area contributed by atoms with Gasteiger partial charge in [-0.05, 0) is 47.9 Å². The SMILES string of the molecule is CCC#Cc1cccc(CC(c2ccccc2)c2nc3ccc(O)cc3s2)c1. The van der Waals surface area contributed by atoms with E-state index in [-0.39, 0.29) is 11.7 Å². The van der Waals surface area contributed by atoms with Crippen molar-refractivity contribution in [1.82, 2.24) is 4.98 Å². The molecule has 1 aromatic heterocycles. The van der Waals surface area contributed by atoms with Crippen molar-refractivity contribution in [2.75, 3.05) is 0 Å². The molecule has 4 aromatic rings. The summed E-state index contributed by atoms with van der Waals surface area (Å²) >= 11 is 1.65. The first-order valence-electron chi connectivity index (χ1n) is 9.45. The van der Waals surface area contributed by atoms with Crippen molar-refractivity contribution >= 4 is 21.6 Å². The van der Waals surface area contributed by atoms with Crippen molar-refractivity contribution in [3.63, 3.8) is 0 Å². The van der Waals surface area contributed by atoms with Crippen molar-refractivity contribution in [3.8, 4) is 17.6 Å². The third-order valence-electron chi connectivity index (χ3n) is 4.66.